The summed E-state index contributed by atoms with van der Waals surface area (Å²) in [7, 11) is -1.43. The number of nitrogens with zero attached hydrogens (tertiary/aromatic N) is 1. The zero-order chi connectivity index (χ0) is 15.7. The second kappa shape index (κ2) is 5.54. The molecule has 0 unspecified atom stereocenters. The van der Waals surface area contributed by atoms with Crippen LogP contribution in [-0.4, -0.2) is 34.1 Å². The second-order valence-electron chi connectivity index (χ2n) is 3.83. The summed E-state index contributed by atoms with van der Waals surface area (Å²) in [6, 6.07) is 4.96. The van der Waals surface area contributed by atoms with Gasteiger partial charge in [-0.2, -0.15) is 13.5 Å². The topological polar surface area (TPSA) is 118 Å². The smallest absolute Gasteiger partial charge is 0.278 e. The lowest BCUT2D eigenvalue weighted by molar-refractivity contribution is 0.403. The number of hydrogen-bond acceptors (Lipinski definition) is 6. The summed E-state index contributed by atoms with van der Waals surface area (Å²) < 4.78 is 53.9. The van der Waals surface area contributed by atoms with Crippen LogP contribution in [0.25, 0.3) is 0 Å². The Kier molecular flexibility index (Phi) is 4.12. The fourth-order valence-corrected chi connectivity index (χ4v) is 3.51. The minimum absolute atomic E-state index is 0.00879. The SMILES string of the molecule is COc1ccc(NS(=O)(=O)c2ccn[nH]2)cc1S(=O)(=O)Cl. The van der Waals surface area contributed by atoms with E-state index in [-0.39, 0.29) is 21.4 Å². The van der Waals surface area contributed by atoms with E-state index < -0.39 is 19.1 Å². The zero-order valence-corrected chi connectivity index (χ0v) is 13.0. The normalized spacial score (nSPS) is 12.1. The standard InChI is InChI=1S/C10H10ClN3O5S2/c1-19-8-3-2-7(6-9(8)20(11,15)16)14-21(17,18)10-4-5-12-13-10/h2-6,14H,1H3,(H,12,13). The van der Waals surface area contributed by atoms with Gasteiger partial charge in [-0.05, 0) is 24.3 Å². The lowest BCUT2D eigenvalue weighted by atomic mass is 10.3. The Hall–Kier alpha value is -1.78. The van der Waals surface area contributed by atoms with E-state index in [1.807, 2.05) is 0 Å². The molecule has 0 saturated heterocycles. The van der Waals surface area contributed by atoms with E-state index in [2.05, 4.69) is 14.9 Å². The van der Waals surface area contributed by atoms with E-state index >= 15 is 0 Å². The lowest BCUT2D eigenvalue weighted by Crippen LogP contribution is -2.13. The van der Waals surface area contributed by atoms with E-state index in [9.17, 15) is 16.8 Å². The minimum Gasteiger partial charge on any atom is -0.495 e. The van der Waals surface area contributed by atoms with Crippen molar-refractivity contribution < 1.29 is 21.6 Å². The molecule has 1 heterocycles. The molecule has 1 aromatic heterocycles. The first-order valence-electron chi connectivity index (χ1n) is 5.39. The van der Waals surface area contributed by atoms with Crippen LogP contribution in [0.2, 0.25) is 0 Å². The average molecular weight is 352 g/mol. The van der Waals surface area contributed by atoms with Crippen molar-refractivity contribution in [2.45, 2.75) is 9.92 Å². The van der Waals surface area contributed by atoms with Crippen LogP contribution in [0.5, 0.6) is 5.75 Å². The Morgan fingerprint density at radius 2 is 1.95 bits per heavy atom. The van der Waals surface area contributed by atoms with Crippen LogP contribution < -0.4 is 9.46 Å². The Bertz CT molecular complexity index is 847. The maximum Gasteiger partial charge on any atom is 0.278 e. The van der Waals surface area contributed by atoms with Crippen LogP contribution in [0, 0.1) is 0 Å². The third kappa shape index (κ3) is 3.46. The molecule has 114 valence electrons. The molecule has 0 saturated carbocycles. The molecular weight excluding hydrogens is 342 g/mol. The van der Waals surface area contributed by atoms with Gasteiger partial charge in [-0.15, -0.1) is 0 Å². The van der Waals surface area contributed by atoms with Crippen LogP contribution in [0.3, 0.4) is 0 Å². The Balaban J connectivity index is 2.43. The zero-order valence-electron chi connectivity index (χ0n) is 10.6. The van der Waals surface area contributed by atoms with Crippen LogP contribution in [0.1, 0.15) is 0 Å². The van der Waals surface area contributed by atoms with Crippen molar-refractivity contribution in [1.82, 2.24) is 10.2 Å². The number of H-pyrrole nitrogens is 1. The van der Waals surface area contributed by atoms with Gasteiger partial charge in [0, 0.05) is 10.7 Å². The summed E-state index contributed by atoms with van der Waals surface area (Å²) in [6.07, 6.45) is 1.28. The molecule has 0 atom stereocenters. The predicted molar refractivity (Wildman–Crippen MR) is 75.4 cm³/mol. The molecule has 11 heteroatoms. The maximum absolute atomic E-state index is 12.0. The fourth-order valence-electron chi connectivity index (χ4n) is 1.53. The highest BCUT2D eigenvalue weighted by molar-refractivity contribution is 8.13. The van der Waals surface area contributed by atoms with E-state index in [0.29, 0.717) is 0 Å². The molecule has 0 aliphatic heterocycles. The van der Waals surface area contributed by atoms with Crippen molar-refractivity contribution in [3.8, 4) is 5.75 Å². The molecule has 0 bridgehead atoms. The summed E-state index contributed by atoms with van der Waals surface area (Å²) in [6.45, 7) is 0. The molecule has 2 aromatic rings. The summed E-state index contributed by atoms with van der Waals surface area (Å²) in [5.74, 6) is 0.00879. The molecule has 0 fully saturated rings. The van der Waals surface area contributed by atoms with Crippen molar-refractivity contribution in [2.24, 2.45) is 0 Å². The quantitative estimate of drug-likeness (QED) is 0.780. The highest BCUT2D eigenvalue weighted by Gasteiger charge is 2.20. The highest BCUT2D eigenvalue weighted by Crippen LogP contribution is 2.30. The summed E-state index contributed by atoms with van der Waals surface area (Å²) in [5, 5.41) is 5.67. The van der Waals surface area contributed by atoms with Gasteiger partial charge in [0.05, 0.1) is 19.0 Å². The summed E-state index contributed by atoms with van der Waals surface area (Å²) in [5.41, 5.74) is 0.0182. The Morgan fingerprint density at radius 3 is 2.48 bits per heavy atom. The lowest BCUT2D eigenvalue weighted by Gasteiger charge is -2.10. The first-order valence-corrected chi connectivity index (χ1v) is 9.18. The van der Waals surface area contributed by atoms with Crippen molar-refractivity contribution in [3.05, 3.63) is 30.5 Å². The minimum atomic E-state index is -4.09. The van der Waals surface area contributed by atoms with Crippen LogP contribution in [-0.2, 0) is 19.1 Å². The number of methoxy groups -OCH3 is 1. The van der Waals surface area contributed by atoms with E-state index in [1.54, 1.807) is 0 Å². The number of nitrogens with one attached hydrogen (secondary N) is 2. The van der Waals surface area contributed by atoms with Crippen LogP contribution in [0.4, 0.5) is 5.69 Å². The third-order valence-corrected chi connectivity index (χ3v) is 5.10. The van der Waals surface area contributed by atoms with Crippen LogP contribution in [0.15, 0.2) is 40.4 Å². The van der Waals surface area contributed by atoms with Gasteiger partial charge in [0.25, 0.3) is 19.1 Å². The first-order chi connectivity index (χ1) is 9.74. The molecule has 0 aliphatic carbocycles. The Morgan fingerprint density at radius 1 is 1.24 bits per heavy atom. The number of halogens is 1. The molecule has 2 N–H and O–H groups in total. The van der Waals surface area contributed by atoms with Gasteiger partial charge in [0.2, 0.25) is 0 Å². The number of aromatic amines is 1. The second-order valence-corrected chi connectivity index (χ2v) is 8.02. The number of aromatic nitrogens is 2. The van der Waals surface area contributed by atoms with Gasteiger partial charge in [0.1, 0.15) is 10.6 Å². The van der Waals surface area contributed by atoms with Gasteiger partial charge in [-0.25, -0.2) is 8.42 Å². The van der Waals surface area contributed by atoms with Gasteiger partial charge < -0.3 is 4.74 Å². The van der Waals surface area contributed by atoms with E-state index in [0.717, 1.165) is 6.07 Å². The van der Waals surface area contributed by atoms with Gasteiger partial charge in [-0.1, -0.05) is 0 Å². The van der Waals surface area contributed by atoms with Crippen molar-refractivity contribution in [2.75, 3.05) is 11.8 Å². The molecule has 0 amide bonds. The number of sulfonamides is 1. The van der Waals surface area contributed by atoms with Gasteiger partial charge in [-0.3, -0.25) is 9.82 Å². The molecular formula is C10H10ClN3O5S2. The fraction of sp³-hybridized carbons (Fsp3) is 0.100. The predicted octanol–water partition coefficient (Wildman–Crippen LogP) is 1.15. The Labute approximate surface area is 125 Å². The molecule has 8 nitrogen and oxygen atoms in total. The highest BCUT2D eigenvalue weighted by atomic mass is 35.7. The maximum atomic E-state index is 12.0. The van der Waals surface area contributed by atoms with Crippen molar-refractivity contribution in [1.29, 1.82) is 0 Å². The number of ether oxygens (including phenoxy) is 1. The molecule has 0 spiro atoms. The largest absolute Gasteiger partial charge is 0.495 e. The molecule has 21 heavy (non-hydrogen) atoms. The number of rotatable bonds is 5. The summed E-state index contributed by atoms with van der Waals surface area (Å²) in [4.78, 5) is -0.337. The van der Waals surface area contributed by atoms with Gasteiger partial charge in [0.15, 0.2) is 5.03 Å². The molecule has 0 aliphatic rings. The monoisotopic (exact) mass is 351 g/mol. The van der Waals surface area contributed by atoms with E-state index in [4.69, 9.17) is 15.4 Å². The number of benzene rings is 1. The molecule has 1 aromatic carbocycles. The molecule has 2 rings (SSSR count). The van der Waals surface area contributed by atoms with Gasteiger partial charge >= 0.3 is 0 Å². The van der Waals surface area contributed by atoms with Crippen LogP contribution >= 0.6 is 10.7 Å². The molecule has 0 radical (unpaired) electrons. The summed E-state index contributed by atoms with van der Waals surface area (Å²) >= 11 is 0. The van der Waals surface area contributed by atoms with E-state index in [1.165, 1.54) is 31.5 Å². The third-order valence-electron chi connectivity index (χ3n) is 2.44. The van der Waals surface area contributed by atoms with Crippen molar-refractivity contribution >= 4 is 35.4 Å². The first kappa shape index (κ1) is 15.6. The average Bonchev–Trinajstić information content (AvgIpc) is 2.92. The number of anilines is 1. The van der Waals surface area contributed by atoms with Crippen molar-refractivity contribution in [3.63, 3.8) is 0 Å². The number of hydrogen-bond donors (Lipinski definition) is 2.